The molecule has 0 heterocycles. The minimum atomic E-state index is -0.211. The predicted octanol–water partition coefficient (Wildman–Crippen LogP) is 1.66. The second-order valence-corrected chi connectivity index (χ2v) is 1.63. The van der Waals surface area contributed by atoms with E-state index in [1.165, 1.54) is 6.08 Å². The van der Waals surface area contributed by atoms with E-state index in [-0.39, 0.29) is 4.69 Å². The molecule has 1 nitrogen and oxygen atoms in total. The summed E-state index contributed by atoms with van der Waals surface area (Å²) in [6.07, 6.45) is 1.21. The van der Waals surface area contributed by atoms with Crippen LogP contribution in [0.5, 0.6) is 0 Å². The minimum Gasteiger partial charge on any atom is -0.282 e. The van der Waals surface area contributed by atoms with Crippen LogP contribution in [0.3, 0.4) is 0 Å². The molecule has 3 heteroatoms. The average Bonchev–Trinajstić information content (AvgIpc) is 1.35. The number of halogens is 2. The molecule has 0 aromatic heterocycles. The van der Waals surface area contributed by atoms with Crippen molar-refractivity contribution in [2.45, 2.75) is 0 Å². The van der Waals surface area contributed by atoms with Crippen LogP contribution in [-0.2, 0) is 4.79 Å². The highest BCUT2D eigenvalue weighted by Gasteiger charge is 1.77. The first-order chi connectivity index (χ1) is 2.77. The van der Waals surface area contributed by atoms with Crippen molar-refractivity contribution in [1.29, 1.82) is 0 Å². The van der Waals surface area contributed by atoms with Crippen LogP contribution < -0.4 is 0 Å². The van der Waals surface area contributed by atoms with E-state index in [1.807, 2.05) is 0 Å². The van der Waals surface area contributed by atoms with Gasteiger partial charge in [-0.2, -0.15) is 0 Å². The van der Waals surface area contributed by atoms with Crippen molar-refractivity contribution in [2.75, 3.05) is 0 Å². The number of rotatable bonds is 1. The molecule has 0 fully saturated rings. The molecule has 0 atom stereocenters. The molecule has 0 saturated heterocycles. The molecule has 6 heavy (non-hydrogen) atoms. The fraction of sp³-hybridized carbons (Fsp3) is 0. The summed E-state index contributed by atoms with van der Waals surface area (Å²) in [7, 11) is 0. The lowest BCUT2D eigenvalue weighted by atomic mass is 10.7. The smallest absolute Gasteiger partial charge is 0.221 e. The summed E-state index contributed by atoms with van der Waals surface area (Å²) in [5.74, 6) is 0. The number of carbonyl (C=O) groups is 1. The topological polar surface area (TPSA) is 17.1 Å². The Morgan fingerprint density at radius 3 is 2.33 bits per heavy atom. The Bertz CT molecular complexity index is 78.9. The first-order valence-corrected chi connectivity index (χ1v) is 2.46. The Kier molecular flexibility index (Phi) is 3.47. The summed E-state index contributed by atoms with van der Waals surface area (Å²) in [6.45, 7) is 0. The number of hydrogen-bond acceptors (Lipinski definition) is 1. The third-order valence-electron chi connectivity index (χ3n) is 0.194. The molecule has 0 bridgehead atoms. The van der Waals surface area contributed by atoms with Gasteiger partial charge >= 0.3 is 0 Å². The van der Waals surface area contributed by atoms with Crippen LogP contribution in [0.2, 0.25) is 0 Å². The maximum absolute atomic E-state index is 9.79. The van der Waals surface area contributed by atoms with Gasteiger partial charge in [0.25, 0.3) is 0 Å². The van der Waals surface area contributed by atoms with Crippen LogP contribution in [-0.4, -0.2) is 4.69 Å². The summed E-state index contributed by atoms with van der Waals surface area (Å²) in [6, 6.07) is 0. The first-order valence-electron chi connectivity index (χ1n) is 1.23. The van der Waals surface area contributed by atoms with Crippen molar-refractivity contribution in [1.82, 2.24) is 0 Å². The van der Waals surface area contributed by atoms with E-state index < -0.39 is 0 Å². The summed E-state index contributed by atoms with van der Waals surface area (Å²) in [5.41, 5.74) is 1.15. The number of carbonyl (C=O) groups excluding carboxylic acids is 1. The largest absolute Gasteiger partial charge is 0.282 e. The van der Waals surface area contributed by atoms with Crippen LogP contribution in [0.15, 0.2) is 11.6 Å². The molecule has 0 aliphatic rings. The average molecular weight is 169 g/mol. The van der Waals surface area contributed by atoms with Gasteiger partial charge in [0.05, 0.1) is 0 Å². The van der Waals surface area contributed by atoms with Crippen molar-refractivity contribution in [3.63, 3.8) is 0 Å². The summed E-state index contributed by atoms with van der Waals surface area (Å²) < 4.78 is -0.211. The quantitative estimate of drug-likeness (QED) is 0.431. The molecule has 34 valence electrons. The van der Waals surface area contributed by atoms with E-state index in [2.05, 4.69) is 15.9 Å². The standard InChI is InChI=1S/C3H2BrClO/c4-3(6)1-2-5/h1-2H. The zero-order valence-corrected chi connectivity index (χ0v) is 5.16. The van der Waals surface area contributed by atoms with Crippen molar-refractivity contribution in [3.05, 3.63) is 11.6 Å². The van der Waals surface area contributed by atoms with Gasteiger partial charge in [0.2, 0.25) is 4.69 Å². The molecule has 0 aliphatic carbocycles. The molecular formula is C3H2BrClO. The van der Waals surface area contributed by atoms with E-state index in [0.717, 1.165) is 5.54 Å². The molecule has 0 radical (unpaired) electrons. The van der Waals surface area contributed by atoms with Gasteiger partial charge < -0.3 is 0 Å². The third-order valence-corrected chi connectivity index (χ3v) is 0.584. The molecule has 0 aliphatic heterocycles. The summed E-state index contributed by atoms with van der Waals surface area (Å²) >= 11 is 7.59. The van der Waals surface area contributed by atoms with Crippen molar-refractivity contribution in [3.8, 4) is 0 Å². The fourth-order valence-electron chi connectivity index (χ4n) is 0.0495. The molecule has 0 N–H and O–H groups in total. The maximum atomic E-state index is 9.79. The Morgan fingerprint density at radius 2 is 2.33 bits per heavy atom. The molecule has 0 unspecified atom stereocenters. The zero-order valence-electron chi connectivity index (χ0n) is 2.82. The SMILES string of the molecule is O=C(Br)C=CCl. The van der Waals surface area contributed by atoms with Gasteiger partial charge in [0.15, 0.2) is 0 Å². The molecule has 0 aromatic carbocycles. The van der Waals surface area contributed by atoms with E-state index in [4.69, 9.17) is 11.6 Å². The number of allylic oxidation sites excluding steroid dienone is 1. The highest BCUT2D eigenvalue weighted by molar-refractivity contribution is 9.18. The van der Waals surface area contributed by atoms with Gasteiger partial charge in [-0.15, -0.1) is 0 Å². The molecule has 0 rings (SSSR count). The van der Waals surface area contributed by atoms with Crippen molar-refractivity contribution in [2.24, 2.45) is 0 Å². The first kappa shape index (κ1) is 6.18. The zero-order chi connectivity index (χ0) is 4.99. The summed E-state index contributed by atoms with van der Waals surface area (Å²) in [5, 5.41) is 0. The lowest BCUT2D eigenvalue weighted by Crippen LogP contribution is -1.68. The predicted molar refractivity (Wildman–Crippen MR) is 28.9 cm³/mol. The number of hydrogen-bond donors (Lipinski definition) is 0. The van der Waals surface area contributed by atoms with E-state index in [1.54, 1.807) is 0 Å². The Balaban J connectivity index is 3.30. The van der Waals surface area contributed by atoms with E-state index >= 15 is 0 Å². The summed E-state index contributed by atoms with van der Waals surface area (Å²) in [4.78, 5) is 9.79. The highest BCUT2D eigenvalue weighted by atomic mass is 79.9. The van der Waals surface area contributed by atoms with Crippen LogP contribution in [0, 0.1) is 0 Å². The molecule has 0 spiro atoms. The third kappa shape index (κ3) is 4.18. The van der Waals surface area contributed by atoms with Gasteiger partial charge in [-0.25, -0.2) is 0 Å². The van der Waals surface area contributed by atoms with Gasteiger partial charge in [0, 0.05) is 11.6 Å². The van der Waals surface area contributed by atoms with Crippen LogP contribution in [0.25, 0.3) is 0 Å². The Labute approximate surface area is 49.1 Å². The molecule has 0 amide bonds. The monoisotopic (exact) mass is 168 g/mol. The molecule has 0 saturated carbocycles. The maximum Gasteiger partial charge on any atom is 0.221 e. The van der Waals surface area contributed by atoms with Crippen molar-refractivity contribution < 1.29 is 4.79 Å². The lowest BCUT2D eigenvalue weighted by molar-refractivity contribution is -0.106. The minimum absolute atomic E-state index is 0.211. The van der Waals surface area contributed by atoms with Gasteiger partial charge in [-0.3, -0.25) is 4.79 Å². The fourth-order valence-corrected chi connectivity index (χ4v) is 0.448. The molecule has 0 aromatic rings. The van der Waals surface area contributed by atoms with Gasteiger partial charge in [-0.05, 0) is 15.9 Å². The van der Waals surface area contributed by atoms with E-state index in [0.29, 0.717) is 0 Å². The normalized spacial score (nSPS) is 9.67. The second kappa shape index (κ2) is 3.37. The Morgan fingerprint density at radius 1 is 1.83 bits per heavy atom. The lowest BCUT2D eigenvalue weighted by Gasteiger charge is -1.64. The second-order valence-electron chi connectivity index (χ2n) is 0.597. The Hall–Kier alpha value is 0.180. The molecular weight excluding hydrogens is 167 g/mol. The highest BCUT2D eigenvalue weighted by Crippen LogP contribution is 1.86. The van der Waals surface area contributed by atoms with E-state index in [9.17, 15) is 4.79 Å². The van der Waals surface area contributed by atoms with Gasteiger partial charge in [-0.1, -0.05) is 11.6 Å². The van der Waals surface area contributed by atoms with Crippen LogP contribution >= 0.6 is 27.5 Å². The van der Waals surface area contributed by atoms with Gasteiger partial charge in [0.1, 0.15) is 0 Å². The van der Waals surface area contributed by atoms with Crippen LogP contribution in [0.4, 0.5) is 0 Å². The van der Waals surface area contributed by atoms with Crippen LogP contribution in [0.1, 0.15) is 0 Å². The van der Waals surface area contributed by atoms with Crippen molar-refractivity contribution >= 4 is 32.2 Å².